The zero-order valence-corrected chi connectivity index (χ0v) is 11.5. The van der Waals surface area contributed by atoms with Crippen LogP contribution in [0.25, 0.3) is 0 Å². The van der Waals surface area contributed by atoms with Crippen LogP contribution in [0.3, 0.4) is 0 Å². The van der Waals surface area contributed by atoms with E-state index in [1.165, 1.54) is 11.4 Å². The predicted molar refractivity (Wildman–Crippen MR) is 65.0 cm³/mol. The Balaban J connectivity index is 2.85. The number of nitrogens with zero attached hydrogens (tertiary/aromatic N) is 1. The highest BCUT2D eigenvalue weighted by Crippen LogP contribution is 2.28. The summed E-state index contributed by atoms with van der Waals surface area (Å²) >= 11 is 0. The van der Waals surface area contributed by atoms with E-state index in [0.717, 1.165) is 12.8 Å². The first-order valence-electron chi connectivity index (χ1n) is 5.97. The van der Waals surface area contributed by atoms with Crippen molar-refractivity contribution in [3.05, 3.63) is 0 Å². The largest absolute Gasteiger partial charge is 0.468 e. The lowest BCUT2D eigenvalue weighted by Crippen LogP contribution is -2.45. The number of carbonyl (C=O) groups excluding carboxylic acids is 1. The zero-order valence-electron chi connectivity index (χ0n) is 10.7. The van der Waals surface area contributed by atoms with Crippen molar-refractivity contribution in [1.29, 1.82) is 0 Å². The first-order chi connectivity index (χ1) is 7.89. The standard InChI is InChI=1S/C11H21NO4S/c1-9(2)12(8-11(13)16-3)17(14,15)10-6-4-5-7-10/h9-10H,4-8H2,1-3H3. The Morgan fingerprint density at radius 2 is 1.88 bits per heavy atom. The Hall–Kier alpha value is -0.620. The zero-order chi connectivity index (χ0) is 13.1. The summed E-state index contributed by atoms with van der Waals surface area (Å²) < 4.78 is 30.5. The van der Waals surface area contributed by atoms with Crippen LogP contribution in [-0.4, -0.2) is 43.6 Å². The summed E-state index contributed by atoms with van der Waals surface area (Å²) in [6.45, 7) is 3.36. The number of hydrogen-bond acceptors (Lipinski definition) is 4. The van der Waals surface area contributed by atoms with Crippen LogP contribution in [-0.2, 0) is 19.6 Å². The number of carbonyl (C=O) groups is 1. The molecule has 0 atom stereocenters. The number of methoxy groups -OCH3 is 1. The van der Waals surface area contributed by atoms with Gasteiger partial charge in [0.15, 0.2) is 0 Å². The van der Waals surface area contributed by atoms with Gasteiger partial charge in [-0.25, -0.2) is 8.42 Å². The van der Waals surface area contributed by atoms with Crippen molar-refractivity contribution in [1.82, 2.24) is 4.31 Å². The van der Waals surface area contributed by atoms with Gasteiger partial charge in [-0.2, -0.15) is 4.31 Å². The highest BCUT2D eigenvalue weighted by Gasteiger charge is 2.36. The molecule has 5 nitrogen and oxygen atoms in total. The van der Waals surface area contributed by atoms with Crippen molar-refractivity contribution in [2.24, 2.45) is 0 Å². The monoisotopic (exact) mass is 263 g/mol. The summed E-state index contributed by atoms with van der Waals surface area (Å²) in [6.07, 6.45) is 3.31. The second kappa shape index (κ2) is 5.82. The first-order valence-corrected chi connectivity index (χ1v) is 7.47. The van der Waals surface area contributed by atoms with Gasteiger partial charge in [0.25, 0.3) is 0 Å². The maximum absolute atomic E-state index is 12.3. The third-order valence-corrected chi connectivity index (χ3v) is 5.66. The van der Waals surface area contributed by atoms with Gasteiger partial charge < -0.3 is 4.74 Å². The van der Waals surface area contributed by atoms with E-state index in [0.29, 0.717) is 12.8 Å². The third-order valence-electron chi connectivity index (χ3n) is 3.14. The van der Waals surface area contributed by atoms with Gasteiger partial charge >= 0.3 is 5.97 Å². The molecule has 17 heavy (non-hydrogen) atoms. The van der Waals surface area contributed by atoms with E-state index in [-0.39, 0.29) is 17.8 Å². The van der Waals surface area contributed by atoms with E-state index >= 15 is 0 Å². The van der Waals surface area contributed by atoms with Crippen LogP contribution in [0.2, 0.25) is 0 Å². The third kappa shape index (κ3) is 3.42. The van der Waals surface area contributed by atoms with Crippen LogP contribution < -0.4 is 0 Å². The molecule has 1 aliphatic rings. The summed E-state index contributed by atoms with van der Waals surface area (Å²) in [6, 6.07) is -0.223. The fraction of sp³-hybridized carbons (Fsp3) is 0.909. The highest BCUT2D eigenvalue weighted by atomic mass is 32.2. The summed E-state index contributed by atoms with van der Waals surface area (Å²) in [5.41, 5.74) is 0. The topological polar surface area (TPSA) is 63.7 Å². The van der Waals surface area contributed by atoms with Crippen LogP contribution in [0.1, 0.15) is 39.5 Å². The molecule has 1 rings (SSSR count). The molecule has 0 aromatic rings. The number of sulfonamides is 1. The van der Waals surface area contributed by atoms with Gasteiger partial charge in [-0.1, -0.05) is 12.8 Å². The van der Waals surface area contributed by atoms with Crippen molar-refractivity contribution < 1.29 is 17.9 Å². The van der Waals surface area contributed by atoms with Crippen LogP contribution in [0.4, 0.5) is 0 Å². The lowest BCUT2D eigenvalue weighted by atomic mass is 10.4. The molecule has 0 unspecified atom stereocenters. The molecule has 1 fully saturated rings. The molecular formula is C11H21NO4S. The molecule has 6 heteroatoms. The molecule has 1 saturated carbocycles. The van der Waals surface area contributed by atoms with Gasteiger partial charge in [-0.3, -0.25) is 4.79 Å². The summed E-state index contributed by atoms with van der Waals surface area (Å²) in [5.74, 6) is -0.514. The van der Waals surface area contributed by atoms with Gasteiger partial charge in [0, 0.05) is 6.04 Å². The predicted octanol–water partition coefficient (Wildman–Crippen LogP) is 1.14. The Kier molecular flexibility index (Phi) is 4.94. The van der Waals surface area contributed by atoms with Gasteiger partial charge in [-0.05, 0) is 26.7 Å². The second-order valence-electron chi connectivity index (χ2n) is 4.67. The summed E-state index contributed by atoms with van der Waals surface area (Å²) in [7, 11) is -2.11. The Morgan fingerprint density at radius 3 is 2.29 bits per heavy atom. The SMILES string of the molecule is COC(=O)CN(C(C)C)S(=O)(=O)C1CCCC1. The number of hydrogen-bond donors (Lipinski definition) is 0. The molecular weight excluding hydrogens is 242 g/mol. The first kappa shape index (κ1) is 14.4. The normalized spacial score (nSPS) is 17.9. The Bertz CT molecular complexity index is 358. The van der Waals surface area contributed by atoms with Crippen LogP contribution >= 0.6 is 0 Å². The minimum Gasteiger partial charge on any atom is -0.468 e. The molecule has 0 radical (unpaired) electrons. The molecule has 0 aromatic carbocycles. The molecule has 0 aromatic heterocycles. The molecule has 1 aliphatic carbocycles. The van der Waals surface area contributed by atoms with Crippen molar-refractivity contribution in [2.45, 2.75) is 50.8 Å². The number of esters is 1. The average molecular weight is 263 g/mol. The lowest BCUT2D eigenvalue weighted by Gasteiger charge is -2.27. The number of ether oxygens (including phenoxy) is 1. The van der Waals surface area contributed by atoms with Gasteiger partial charge in [0.2, 0.25) is 10.0 Å². The van der Waals surface area contributed by atoms with Crippen LogP contribution in [0.15, 0.2) is 0 Å². The Labute approximate surface area is 103 Å². The minimum atomic E-state index is -3.37. The quantitative estimate of drug-likeness (QED) is 0.698. The molecule has 0 aliphatic heterocycles. The van der Waals surface area contributed by atoms with E-state index in [1.54, 1.807) is 13.8 Å². The smallest absolute Gasteiger partial charge is 0.321 e. The van der Waals surface area contributed by atoms with E-state index in [4.69, 9.17) is 0 Å². The Morgan fingerprint density at radius 1 is 1.35 bits per heavy atom. The summed E-state index contributed by atoms with van der Waals surface area (Å²) in [4.78, 5) is 11.3. The van der Waals surface area contributed by atoms with Gasteiger partial charge in [0.05, 0.1) is 12.4 Å². The van der Waals surface area contributed by atoms with Gasteiger partial charge in [-0.15, -0.1) is 0 Å². The van der Waals surface area contributed by atoms with Gasteiger partial charge in [0.1, 0.15) is 6.54 Å². The maximum Gasteiger partial charge on any atom is 0.321 e. The van der Waals surface area contributed by atoms with Crippen LogP contribution in [0, 0.1) is 0 Å². The maximum atomic E-state index is 12.3. The average Bonchev–Trinajstić information content (AvgIpc) is 2.78. The lowest BCUT2D eigenvalue weighted by molar-refractivity contribution is -0.141. The van der Waals surface area contributed by atoms with E-state index in [9.17, 15) is 13.2 Å². The highest BCUT2D eigenvalue weighted by molar-refractivity contribution is 7.89. The molecule has 100 valence electrons. The molecule has 0 amide bonds. The number of rotatable bonds is 5. The molecule has 0 heterocycles. The molecule has 0 spiro atoms. The molecule has 0 saturated heterocycles. The van der Waals surface area contributed by atoms with Crippen molar-refractivity contribution in [2.75, 3.05) is 13.7 Å². The van der Waals surface area contributed by atoms with E-state index < -0.39 is 16.0 Å². The summed E-state index contributed by atoms with van der Waals surface area (Å²) in [5, 5.41) is -0.324. The fourth-order valence-electron chi connectivity index (χ4n) is 2.14. The van der Waals surface area contributed by atoms with Crippen LogP contribution in [0.5, 0.6) is 0 Å². The van der Waals surface area contributed by atoms with E-state index in [2.05, 4.69) is 4.74 Å². The van der Waals surface area contributed by atoms with Crippen molar-refractivity contribution >= 4 is 16.0 Å². The van der Waals surface area contributed by atoms with Crippen molar-refractivity contribution in [3.8, 4) is 0 Å². The molecule has 0 bridgehead atoms. The molecule has 0 N–H and O–H groups in total. The van der Waals surface area contributed by atoms with Crippen molar-refractivity contribution in [3.63, 3.8) is 0 Å². The second-order valence-corrected chi connectivity index (χ2v) is 6.83. The fourth-order valence-corrected chi connectivity index (χ4v) is 4.32. The van der Waals surface area contributed by atoms with E-state index in [1.807, 2.05) is 0 Å². The minimum absolute atomic E-state index is 0.187.